The maximum absolute atomic E-state index is 15.1. The van der Waals surface area contributed by atoms with Crippen molar-refractivity contribution < 1.29 is 17.5 Å². The molecule has 0 spiro atoms. The van der Waals surface area contributed by atoms with Crippen LogP contribution in [0.4, 0.5) is 10.1 Å². The van der Waals surface area contributed by atoms with Gasteiger partial charge < -0.3 is 4.74 Å². The van der Waals surface area contributed by atoms with E-state index < -0.39 is 15.8 Å². The van der Waals surface area contributed by atoms with Gasteiger partial charge in [0.25, 0.3) is 10.0 Å². The monoisotopic (exact) mass is 577 g/mol. The Labute approximate surface area is 219 Å². The lowest BCUT2D eigenvalue weighted by Crippen LogP contribution is -2.48. The number of hydrogen-bond donors (Lipinski definition) is 1. The fourth-order valence-corrected chi connectivity index (χ4v) is 5.84. The van der Waals surface area contributed by atoms with E-state index in [4.69, 9.17) is 4.74 Å². The fraction of sp³-hybridized carbons (Fsp3) is 0.360. The summed E-state index contributed by atoms with van der Waals surface area (Å²) in [5.41, 5.74) is 1.75. The number of nitrogens with zero attached hydrogens (tertiary/aromatic N) is 4. The Morgan fingerprint density at radius 1 is 1.11 bits per heavy atom. The lowest BCUT2D eigenvalue weighted by molar-refractivity contribution is 0.104. The highest BCUT2D eigenvalue weighted by Gasteiger charge is 2.22. The summed E-state index contributed by atoms with van der Waals surface area (Å²) in [5.74, 6) is -0.439. The summed E-state index contributed by atoms with van der Waals surface area (Å²) in [7, 11) is -2.67. The highest BCUT2D eigenvalue weighted by Crippen LogP contribution is 2.29. The number of hydrogen-bond acceptors (Lipinski definition) is 7. The molecule has 3 heterocycles. The van der Waals surface area contributed by atoms with E-state index in [9.17, 15) is 8.42 Å². The Bertz CT molecular complexity index is 1330. The highest BCUT2D eigenvalue weighted by molar-refractivity contribution is 9.10. The SMILES string of the molecule is COc1ncc(Br)cc1S(=O)(=O)Nc1ccnc(-c2ccc(CN3CCN(C(C)C)CC3)cc2F)c1. The molecule has 8 nitrogen and oxygen atoms in total. The number of nitrogens with one attached hydrogen (secondary N) is 1. The predicted molar refractivity (Wildman–Crippen MR) is 141 cm³/mol. The normalized spacial score (nSPS) is 15.3. The number of rotatable bonds is 8. The van der Waals surface area contributed by atoms with Crippen LogP contribution in [0, 0.1) is 5.82 Å². The van der Waals surface area contributed by atoms with E-state index in [2.05, 4.69) is 54.3 Å². The number of halogens is 2. The summed E-state index contributed by atoms with van der Waals surface area (Å²) in [5, 5.41) is 0. The number of pyridine rings is 2. The van der Waals surface area contributed by atoms with E-state index in [0.717, 1.165) is 31.7 Å². The van der Waals surface area contributed by atoms with Gasteiger partial charge in [-0.1, -0.05) is 6.07 Å². The van der Waals surface area contributed by atoms with Gasteiger partial charge in [-0.05, 0) is 65.7 Å². The summed E-state index contributed by atoms with van der Waals surface area (Å²) < 4.78 is 49.2. The number of benzene rings is 1. The molecule has 4 rings (SSSR count). The van der Waals surface area contributed by atoms with Crippen LogP contribution in [0.1, 0.15) is 19.4 Å². The molecule has 0 unspecified atom stereocenters. The molecule has 0 saturated carbocycles. The molecule has 0 radical (unpaired) electrons. The lowest BCUT2D eigenvalue weighted by Gasteiger charge is -2.36. The number of aromatic nitrogens is 2. The summed E-state index contributed by atoms with van der Waals surface area (Å²) in [4.78, 5) is 12.9. The van der Waals surface area contributed by atoms with Gasteiger partial charge in [0.15, 0.2) is 4.90 Å². The third kappa shape index (κ3) is 6.20. The molecule has 3 aromatic rings. The number of anilines is 1. The minimum atomic E-state index is -4.02. The van der Waals surface area contributed by atoms with Crippen LogP contribution in [0.2, 0.25) is 0 Å². The fourth-order valence-electron chi connectivity index (χ4n) is 4.17. The van der Waals surface area contributed by atoms with Crippen LogP contribution in [-0.2, 0) is 16.6 Å². The number of methoxy groups -OCH3 is 1. The molecule has 1 saturated heterocycles. The second-order valence-electron chi connectivity index (χ2n) is 8.92. The molecule has 1 aliphatic heterocycles. The van der Waals surface area contributed by atoms with Crippen molar-refractivity contribution >= 4 is 31.6 Å². The summed E-state index contributed by atoms with van der Waals surface area (Å²) in [6, 6.07) is 10.0. The van der Waals surface area contributed by atoms with E-state index >= 15 is 4.39 Å². The molecular weight excluding hydrogens is 549 g/mol. The first kappa shape index (κ1) is 26.5. The van der Waals surface area contributed by atoms with Crippen LogP contribution < -0.4 is 9.46 Å². The van der Waals surface area contributed by atoms with Crippen LogP contribution in [-0.4, -0.2) is 67.5 Å². The second kappa shape index (κ2) is 11.2. The minimum Gasteiger partial charge on any atom is -0.480 e. The molecule has 0 atom stereocenters. The minimum absolute atomic E-state index is 0.0350. The van der Waals surface area contributed by atoms with Crippen molar-refractivity contribution in [2.24, 2.45) is 0 Å². The van der Waals surface area contributed by atoms with Gasteiger partial charge >= 0.3 is 0 Å². The van der Waals surface area contributed by atoms with Crippen molar-refractivity contribution in [1.82, 2.24) is 19.8 Å². The summed E-state index contributed by atoms with van der Waals surface area (Å²) in [6.07, 6.45) is 2.88. The Balaban J connectivity index is 1.50. The molecule has 11 heteroatoms. The molecule has 36 heavy (non-hydrogen) atoms. The van der Waals surface area contributed by atoms with E-state index in [1.54, 1.807) is 6.07 Å². The van der Waals surface area contributed by atoms with Crippen LogP contribution in [0.15, 0.2) is 58.2 Å². The maximum Gasteiger partial charge on any atom is 0.267 e. The molecule has 1 aromatic carbocycles. The first-order valence-electron chi connectivity index (χ1n) is 11.6. The Morgan fingerprint density at radius 3 is 2.53 bits per heavy atom. The first-order valence-corrected chi connectivity index (χ1v) is 13.9. The third-order valence-corrected chi connectivity index (χ3v) is 7.94. The van der Waals surface area contributed by atoms with Crippen LogP contribution in [0.25, 0.3) is 11.3 Å². The zero-order chi connectivity index (χ0) is 25.9. The summed E-state index contributed by atoms with van der Waals surface area (Å²) >= 11 is 3.23. The zero-order valence-electron chi connectivity index (χ0n) is 20.4. The van der Waals surface area contributed by atoms with Gasteiger partial charge in [-0.15, -0.1) is 0 Å². The summed E-state index contributed by atoms with van der Waals surface area (Å²) in [6.45, 7) is 8.99. The topological polar surface area (TPSA) is 87.7 Å². The van der Waals surface area contributed by atoms with E-state index in [-0.39, 0.29) is 16.5 Å². The van der Waals surface area contributed by atoms with E-state index in [1.165, 1.54) is 43.8 Å². The van der Waals surface area contributed by atoms with Crippen molar-refractivity contribution in [1.29, 1.82) is 0 Å². The van der Waals surface area contributed by atoms with Gasteiger partial charge in [0.05, 0.1) is 18.5 Å². The molecular formula is C25H29BrFN5O3S. The molecule has 2 aromatic heterocycles. The second-order valence-corrected chi connectivity index (χ2v) is 11.5. The van der Waals surface area contributed by atoms with Gasteiger partial charge in [-0.25, -0.2) is 17.8 Å². The predicted octanol–water partition coefficient (Wildman–Crippen LogP) is 4.38. The van der Waals surface area contributed by atoms with Crippen molar-refractivity contribution in [2.75, 3.05) is 38.0 Å². The van der Waals surface area contributed by atoms with Crippen LogP contribution in [0.3, 0.4) is 0 Å². The van der Waals surface area contributed by atoms with Crippen molar-refractivity contribution in [3.8, 4) is 17.1 Å². The molecule has 1 N–H and O–H groups in total. The molecule has 192 valence electrons. The van der Waals surface area contributed by atoms with Gasteiger partial charge in [-0.2, -0.15) is 0 Å². The first-order chi connectivity index (χ1) is 17.2. The number of ether oxygens (including phenoxy) is 1. The van der Waals surface area contributed by atoms with Gasteiger partial charge in [0.1, 0.15) is 5.82 Å². The number of piperazine rings is 1. The average molecular weight is 579 g/mol. The lowest BCUT2D eigenvalue weighted by atomic mass is 10.1. The van der Waals surface area contributed by atoms with Gasteiger partial charge in [0, 0.05) is 61.2 Å². The molecule has 1 fully saturated rings. The van der Waals surface area contributed by atoms with Crippen LogP contribution in [0.5, 0.6) is 5.88 Å². The van der Waals surface area contributed by atoms with Crippen molar-refractivity contribution in [2.45, 2.75) is 31.3 Å². The molecule has 1 aliphatic rings. The van der Waals surface area contributed by atoms with E-state index in [1.807, 2.05) is 6.07 Å². The van der Waals surface area contributed by atoms with E-state index in [0.29, 0.717) is 28.3 Å². The quantitative estimate of drug-likeness (QED) is 0.425. The molecule has 0 aliphatic carbocycles. The van der Waals surface area contributed by atoms with Crippen LogP contribution >= 0.6 is 15.9 Å². The van der Waals surface area contributed by atoms with Gasteiger partial charge in [0.2, 0.25) is 5.88 Å². The average Bonchev–Trinajstić information content (AvgIpc) is 2.84. The van der Waals surface area contributed by atoms with Crippen molar-refractivity contribution in [3.05, 3.63) is 64.6 Å². The Hall–Kier alpha value is -2.60. The largest absolute Gasteiger partial charge is 0.480 e. The molecule has 0 amide bonds. The Morgan fingerprint density at radius 2 is 1.86 bits per heavy atom. The highest BCUT2D eigenvalue weighted by atomic mass is 79.9. The molecule has 0 bridgehead atoms. The zero-order valence-corrected chi connectivity index (χ0v) is 22.8. The number of sulfonamides is 1. The third-order valence-electron chi connectivity index (χ3n) is 6.13. The van der Waals surface area contributed by atoms with Crippen molar-refractivity contribution in [3.63, 3.8) is 0 Å². The van der Waals surface area contributed by atoms with Gasteiger partial charge in [-0.3, -0.25) is 19.5 Å². The Kier molecular flexibility index (Phi) is 8.23. The smallest absolute Gasteiger partial charge is 0.267 e. The maximum atomic E-state index is 15.1. The standard InChI is InChI=1S/C25H29BrFN5O3S/c1-17(2)32-10-8-31(9-11-32)16-18-4-5-21(22(27)12-18)23-14-20(6-7-28-23)30-36(33,34)24-13-19(26)15-29-25(24)35-3/h4-7,12-15,17H,8-11,16H2,1-3H3,(H,28,30).